The number of benzene rings is 1. The second kappa shape index (κ2) is 4.78. The second-order valence-corrected chi connectivity index (χ2v) is 4.21. The van der Waals surface area contributed by atoms with Gasteiger partial charge in [0.1, 0.15) is 0 Å². The van der Waals surface area contributed by atoms with Crippen molar-refractivity contribution in [2.45, 2.75) is 18.9 Å². The molecule has 0 saturated carbocycles. The molecule has 0 fully saturated rings. The molecule has 0 aromatic heterocycles. The SMILES string of the molecule is CNC(C)(CO)Cc1ccc(Cl)cc1. The highest BCUT2D eigenvalue weighted by Gasteiger charge is 2.20. The Labute approximate surface area is 89.9 Å². The van der Waals surface area contributed by atoms with Crippen LogP contribution in [0.1, 0.15) is 12.5 Å². The summed E-state index contributed by atoms with van der Waals surface area (Å²) < 4.78 is 0. The van der Waals surface area contributed by atoms with E-state index >= 15 is 0 Å². The molecule has 1 atom stereocenters. The zero-order chi connectivity index (χ0) is 10.6. The Morgan fingerprint density at radius 1 is 1.36 bits per heavy atom. The van der Waals surface area contributed by atoms with Gasteiger partial charge in [0, 0.05) is 10.6 Å². The first-order chi connectivity index (χ1) is 6.59. The van der Waals surface area contributed by atoms with Crippen LogP contribution in [0.5, 0.6) is 0 Å². The lowest BCUT2D eigenvalue weighted by molar-refractivity contribution is 0.182. The molecule has 2 N–H and O–H groups in total. The topological polar surface area (TPSA) is 32.3 Å². The van der Waals surface area contributed by atoms with E-state index in [1.54, 1.807) is 0 Å². The Morgan fingerprint density at radius 2 is 1.93 bits per heavy atom. The molecule has 0 aliphatic rings. The van der Waals surface area contributed by atoms with Gasteiger partial charge in [-0.1, -0.05) is 23.7 Å². The largest absolute Gasteiger partial charge is 0.394 e. The molecule has 0 amide bonds. The maximum atomic E-state index is 9.21. The van der Waals surface area contributed by atoms with E-state index in [0.29, 0.717) is 0 Å². The fraction of sp³-hybridized carbons (Fsp3) is 0.455. The minimum absolute atomic E-state index is 0.117. The number of nitrogens with one attached hydrogen (secondary N) is 1. The van der Waals surface area contributed by atoms with E-state index in [1.807, 2.05) is 38.2 Å². The highest BCUT2D eigenvalue weighted by molar-refractivity contribution is 6.30. The minimum atomic E-state index is -0.256. The van der Waals surface area contributed by atoms with E-state index in [1.165, 1.54) is 5.56 Å². The molecule has 0 bridgehead atoms. The van der Waals surface area contributed by atoms with Crippen LogP contribution in [0.4, 0.5) is 0 Å². The van der Waals surface area contributed by atoms with Crippen molar-refractivity contribution in [3.8, 4) is 0 Å². The van der Waals surface area contributed by atoms with Gasteiger partial charge in [0.25, 0.3) is 0 Å². The van der Waals surface area contributed by atoms with Gasteiger partial charge in [0.05, 0.1) is 6.61 Å². The van der Waals surface area contributed by atoms with Crippen molar-refractivity contribution in [3.63, 3.8) is 0 Å². The second-order valence-electron chi connectivity index (χ2n) is 3.77. The number of rotatable bonds is 4. The summed E-state index contributed by atoms with van der Waals surface area (Å²) in [5.41, 5.74) is 0.911. The van der Waals surface area contributed by atoms with Crippen molar-refractivity contribution in [2.24, 2.45) is 0 Å². The first kappa shape index (κ1) is 11.5. The Hall–Kier alpha value is -0.570. The number of hydrogen-bond donors (Lipinski definition) is 2. The fourth-order valence-electron chi connectivity index (χ4n) is 1.28. The van der Waals surface area contributed by atoms with Gasteiger partial charge < -0.3 is 10.4 Å². The zero-order valence-corrected chi connectivity index (χ0v) is 9.30. The van der Waals surface area contributed by atoms with E-state index in [4.69, 9.17) is 11.6 Å². The van der Waals surface area contributed by atoms with Crippen molar-refractivity contribution < 1.29 is 5.11 Å². The maximum absolute atomic E-state index is 9.21. The Morgan fingerprint density at radius 3 is 2.36 bits per heavy atom. The lowest BCUT2D eigenvalue weighted by atomic mass is 9.94. The van der Waals surface area contributed by atoms with E-state index < -0.39 is 0 Å². The van der Waals surface area contributed by atoms with Crippen LogP contribution in [0.2, 0.25) is 5.02 Å². The number of aliphatic hydroxyl groups is 1. The predicted molar refractivity (Wildman–Crippen MR) is 59.7 cm³/mol. The summed E-state index contributed by atoms with van der Waals surface area (Å²) in [5.74, 6) is 0. The highest BCUT2D eigenvalue weighted by atomic mass is 35.5. The summed E-state index contributed by atoms with van der Waals surface area (Å²) in [5, 5.41) is 13.1. The van der Waals surface area contributed by atoms with Gasteiger partial charge in [-0.2, -0.15) is 0 Å². The molecule has 1 rings (SSSR count). The van der Waals surface area contributed by atoms with Gasteiger partial charge in [-0.3, -0.25) is 0 Å². The van der Waals surface area contributed by atoms with E-state index in [9.17, 15) is 5.11 Å². The molecule has 0 heterocycles. The van der Waals surface area contributed by atoms with Crippen molar-refractivity contribution in [3.05, 3.63) is 34.9 Å². The molecule has 0 spiro atoms. The summed E-state index contributed by atoms with van der Waals surface area (Å²) in [4.78, 5) is 0. The summed E-state index contributed by atoms with van der Waals surface area (Å²) in [6, 6.07) is 7.69. The standard InChI is InChI=1S/C11H16ClNO/c1-11(8-14,13-2)7-9-3-5-10(12)6-4-9/h3-6,13-14H,7-8H2,1-2H3. The number of halogens is 1. The van der Waals surface area contributed by atoms with Crippen LogP contribution in [0.3, 0.4) is 0 Å². The van der Waals surface area contributed by atoms with E-state index in [-0.39, 0.29) is 12.1 Å². The predicted octanol–water partition coefficient (Wildman–Crippen LogP) is 1.85. The maximum Gasteiger partial charge on any atom is 0.0613 e. The van der Waals surface area contributed by atoms with Crippen LogP contribution in [0.15, 0.2) is 24.3 Å². The molecule has 0 aliphatic carbocycles. The quantitative estimate of drug-likeness (QED) is 0.800. The Kier molecular flexibility index (Phi) is 3.93. The number of hydrogen-bond acceptors (Lipinski definition) is 2. The van der Waals surface area contributed by atoms with Crippen LogP contribution >= 0.6 is 11.6 Å². The third-order valence-electron chi connectivity index (χ3n) is 2.46. The monoisotopic (exact) mass is 213 g/mol. The first-order valence-electron chi connectivity index (χ1n) is 4.64. The molecule has 14 heavy (non-hydrogen) atoms. The summed E-state index contributed by atoms with van der Waals surface area (Å²) in [6.07, 6.45) is 0.789. The molecule has 3 heteroatoms. The summed E-state index contributed by atoms with van der Waals surface area (Å²) >= 11 is 5.79. The molecule has 0 saturated heterocycles. The van der Waals surface area contributed by atoms with Crippen molar-refractivity contribution in [1.29, 1.82) is 0 Å². The molecule has 1 unspecified atom stereocenters. The first-order valence-corrected chi connectivity index (χ1v) is 5.02. The van der Waals surface area contributed by atoms with Crippen molar-refractivity contribution in [2.75, 3.05) is 13.7 Å². The smallest absolute Gasteiger partial charge is 0.0613 e. The van der Waals surface area contributed by atoms with Crippen LogP contribution in [0.25, 0.3) is 0 Å². The fourth-order valence-corrected chi connectivity index (χ4v) is 1.40. The van der Waals surface area contributed by atoms with Crippen molar-refractivity contribution in [1.82, 2.24) is 5.32 Å². The summed E-state index contributed by atoms with van der Waals surface area (Å²) in [7, 11) is 1.85. The van der Waals surface area contributed by atoms with E-state index in [2.05, 4.69) is 5.32 Å². The lowest BCUT2D eigenvalue weighted by Crippen LogP contribution is -2.45. The van der Waals surface area contributed by atoms with E-state index in [0.717, 1.165) is 11.4 Å². The third kappa shape index (κ3) is 2.98. The minimum Gasteiger partial charge on any atom is -0.394 e. The van der Waals surface area contributed by atoms with Gasteiger partial charge in [-0.05, 0) is 38.1 Å². The average molecular weight is 214 g/mol. The molecule has 1 aromatic carbocycles. The molecule has 1 aromatic rings. The zero-order valence-electron chi connectivity index (χ0n) is 8.55. The third-order valence-corrected chi connectivity index (χ3v) is 2.71. The number of aliphatic hydroxyl groups excluding tert-OH is 1. The molecule has 0 radical (unpaired) electrons. The average Bonchev–Trinajstić information content (AvgIpc) is 2.21. The molecule has 78 valence electrons. The molecular formula is C11H16ClNO. The number of likely N-dealkylation sites (N-methyl/N-ethyl adjacent to an activating group) is 1. The Bertz CT molecular complexity index is 280. The van der Waals surface area contributed by atoms with Crippen LogP contribution < -0.4 is 5.32 Å². The van der Waals surface area contributed by atoms with Crippen LogP contribution in [0, 0.1) is 0 Å². The lowest BCUT2D eigenvalue weighted by Gasteiger charge is -2.26. The highest BCUT2D eigenvalue weighted by Crippen LogP contribution is 2.15. The molecule has 2 nitrogen and oxygen atoms in total. The van der Waals surface area contributed by atoms with Gasteiger partial charge in [0.2, 0.25) is 0 Å². The van der Waals surface area contributed by atoms with Gasteiger partial charge in [0.15, 0.2) is 0 Å². The van der Waals surface area contributed by atoms with Gasteiger partial charge >= 0.3 is 0 Å². The molecular weight excluding hydrogens is 198 g/mol. The van der Waals surface area contributed by atoms with Crippen molar-refractivity contribution >= 4 is 11.6 Å². The normalized spacial score (nSPS) is 15.1. The Balaban J connectivity index is 2.72. The van der Waals surface area contributed by atoms with Gasteiger partial charge in [-0.15, -0.1) is 0 Å². The molecule has 0 aliphatic heterocycles. The van der Waals surface area contributed by atoms with Crippen LogP contribution in [-0.4, -0.2) is 24.3 Å². The van der Waals surface area contributed by atoms with Crippen LogP contribution in [-0.2, 0) is 6.42 Å². The summed E-state index contributed by atoms with van der Waals surface area (Å²) in [6.45, 7) is 2.10. The van der Waals surface area contributed by atoms with Gasteiger partial charge in [-0.25, -0.2) is 0 Å².